The van der Waals surface area contributed by atoms with Crippen LogP contribution in [0.25, 0.3) is 11.6 Å². The Hall–Kier alpha value is -1.53. The minimum Gasteiger partial charge on any atom is -0.0837 e. The molecule has 0 saturated carbocycles. The fourth-order valence-electron chi connectivity index (χ4n) is 3.63. The zero-order valence-electron chi connectivity index (χ0n) is 11.4. The molecule has 1 aromatic carbocycles. The molecular formula is C19H16Cl. The summed E-state index contributed by atoms with van der Waals surface area (Å²) < 4.78 is 0. The normalized spacial score (nSPS) is 20.4. The van der Waals surface area contributed by atoms with Crippen LogP contribution in [0, 0.1) is 6.92 Å². The molecule has 4 rings (SSSR count). The second-order valence-electron chi connectivity index (χ2n) is 5.70. The largest absolute Gasteiger partial charge is 0.0837 e. The molecule has 0 heterocycles. The summed E-state index contributed by atoms with van der Waals surface area (Å²) in [5.74, 6) is 0. The molecule has 0 atom stereocenters. The number of hydrogen-bond donors (Lipinski definition) is 0. The summed E-state index contributed by atoms with van der Waals surface area (Å²) in [6, 6.07) is 6.23. The van der Waals surface area contributed by atoms with Crippen LogP contribution in [-0.4, -0.2) is 0 Å². The Bertz CT molecular complexity index is 816. The van der Waals surface area contributed by atoms with Crippen LogP contribution >= 0.6 is 11.6 Å². The van der Waals surface area contributed by atoms with E-state index in [0.29, 0.717) is 0 Å². The highest BCUT2D eigenvalue weighted by molar-refractivity contribution is 6.30. The van der Waals surface area contributed by atoms with E-state index >= 15 is 0 Å². The molecule has 0 aliphatic heterocycles. The van der Waals surface area contributed by atoms with Crippen LogP contribution in [0.5, 0.6) is 0 Å². The lowest BCUT2D eigenvalue weighted by Gasteiger charge is -2.29. The molecule has 1 aromatic rings. The molecule has 0 amide bonds. The van der Waals surface area contributed by atoms with Crippen molar-refractivity contribution < 1.29 is 0 Å². The lowest BCUT2D eigenvalue weighted by atomic mass is 9.76. The smallest absolute Gasteiger partial charge is 0.0487 e. The van der Waals surface area contributed by atoms with Crippen molar-refractivity contribution in [2.24, 2.45) is 0 Å². The van der Waals surface area contributed by atoms with Crippen LogP contribution < -0.4 is 10.4 Å². The van der Waals surface area contributed by atoms with E-state index in [9.17, 15) is 0 Å². The van der Waals surface area contributed by atoms with E-state index in [2.05, 4.69) is 31.2 Å². The van der Waals surface area contributed by atoms with Gasteiger partial charge in [-0.05, 0) is 66.2 Å². The summed E-state index contributed by atoms with van der Waals surface area (Å²) in [7, 11) is 0. The summed E-state index contributed by atoms with van der Waals surface area (Å²) in [5, 5.41) is 3.46. The van der Waals surface area contributed by atoms with Gasteiger partial charge in [0.05, 0.1) is 0 Å². The number of halogens is 1. The highest BCUT2D eigenvalue weighted by atomic mass is 35.5. The maximum absolute atomic E-state index is 6.46. The average molecular weight is 280 g/mol. The van der Waals surface area contributed by atoms with Crippen molar-refractivity contribution >= 4 is 23.3 Å². The summed E-state index contributed by atoms with van der Waals surface area (Å²) >= 11 is 6.46. The van der Waals surface area contributed by atoms with Crippen LogP contribution in [0.3, 0.4) is 0 Å². The van der Waals surface area contributed by atoms with E-state index in [1.165, 1.54) is 32.7 Å². The number of fused-ring (bicyclic) bond motifs is 3. The maximum Gasteiger partial charge on any atom is 0.0487 e. The third kappa shape index (κ3) is 1.75. The molecule has 3 aliphatic carbocycles. The van der Waals surface area contributed by atoms with Gasteiger partial charge < -0.3 is 0 Å². The Morgan fingerprint density at radius 2 is 1.80 bits per heavy atom. The zero-order valence-corrected chi connectivity index (χ0v) is 12.1. The van der Waals surface area contributed by atoms with Gasteiger partial charge in [0.1, 0.15) is 0 Å². The standard InChI is InChI=1S/C19H16Cl/c1-12-5-8-15-14(11-12)7-10-17-16(15)9-6-13-3-2-4-18(20)19(13)17/h2-6,11H,1,7-10H2. The van der Waals surface area contributed by atoms with Crippen molar-refractivity contribution in [3.63, 3.8) is 0 Å². The predicted octanol–water partition coefficient (Wildman–Crippen LogP) is 3.86. The second kappa shape index (κ2) is 4.49. The third-order valence-electron chi connectivity index (χ3n) is 4.56. The minimum absolute atomic E-state index is 0.892. The Morgan fingerprint density at radius 3 is 2.70 bits per heavy atom. The van der Waals surface area contributed by atoms with Gasteiger partial charge in [0.25, 0.3) is 0 Å². The van der Waals surface area contributed by atoms with Gasteiger partial charge in [-0.3, -0.25) is 0 Å². The van der Waals surface area contributed by atoms with Crippen molar-refractivity contribution in [3.8, 4) is 0 Å². The van der Waals surface area contributed by atoms with E-state index in [1.807, 2.05) is 12.1 Å². The van der Waals surface area contributed by atoms with Gasteiger partial charge in [-0.2, -0.15) is 0 Å². The third-order valence-corrected chi connectivity index (χ3v) is 4.88. The van der Waals surface area contributed by atoms with Crippen molar-refractivity contribution in [1.82, 2.24) is 0 Å². The molecule has 0 bridgehead atoms. The summed E-state index contributed by atoms with van der Waals surface area (Å²) in [6.07, 6.45) is 11.1. The molecule has 3 aliphatic rings. The molecule has 0 nitrogen and oxygen atoms in total. The molecule has 0 aromatic heterocycles. The minimum atomic E-state index is 0.892. The van der Waals surface area contributed by atoms with Gasteiger partial charge in [0.15, 0.2) is 0 Å². The Kier molecular flexibility index (Phi) is 2.75. The van der Waals surface area contributed by atoms with Crippen molar-refractivity contribution in [2.45, 2.75) is 25.7 Å². The molecule has 0 N–H and O–H groups in total. The van der Waals surface area contributed by atoms with Gasteiger partial charge in [-0.25, -0.2) is 0 Å². The highest BCUT2D eigenvalue weighted by Gasteiger charge is 2.24. The molecule has 0 fully saturated rings. The number of rotatable bonds is 0. The summed E-state index contributed by atoms with van der Waals surface area (Å²) in [5.41, 5.74) is 7.14. The monoisotopic (exact) mass is 279 g/mol. The van der Waals surface area contributed by atoms with Crippen LogP contribution in [0.4, 0.5) is 0 Å². The topological polar surface area (TPSA) is 0 Å². The van der Waals surface area contributed by atoms with Gasteiger partial charge in [0, 0.05) is 10.2 Å². The van der Waals surface area contributed by atoms with Gasteiger partial charge in [-0.15, -0.1) is 0 Å². The first-order chi connectivity index (χ1) is 9.74. The molecule has 0 spiro atoms. The highest BCUT2D eigenvalue weighted by Crippen LogP contribution is 2.41. The fraction of sp³-hybridized carbons (Fsp3) is 0.211. The zero-order chi connectivity index (χ0) is 13.7. The number of benzene rings is 1. The van der Waals surface area contributed by atoms with Gasteiger partial charge in [-0.1, -0.05) is 47.5 Å². The second-order valence-corrected chi connectivity index (χ2v) is 6.11. The molecule has 20 heavy (non-hydrogen) atoms. The molecular weight excluding hydrogens is 264 g/mol. The molecule has 99 valence electrons. The van der Waals surface area contributed by atoms with E-state index in [4.69, 9.17) is 11.6 Å². The number of hydrogen-bond acceptors (Lipinski definition) is 0. The Balaban J connectivity index is 2.03. The molecule has 1 heteroatoms. The van der Waals surface area contributed by atoms with E-state index in [0.717, 1.165) is 36.3 Å². The molecule has 0 saturated heterocycles. The molecule has 0 unspecified atom stereocenters. The van der Waals surface area contributed by atoms with Crippen molar-refractivity contribution in [2.75, 3.05) is 0 Å². The van der Waals surface area contributed by atoms with E-state index in [-0.39, 0.29) is 0 Å². The van der Waals surface area contributed by atoms with Crippen molar-refractivity contribution in [1.29, 1.82) is 0 Å². The fourth-order valence-corrected chi connectivity index (χ4v) is 3.93. The summed E-state index contributed by atoms with van der Waals surface area (Å²) in [6.45, 7) is 4.07. The van der Waals surface area contributed by atoms with Crippen LogP contribution in [0.2, 0.25) is 5.02 Å². The first-order valence-electron chi connectivity index (χ1n) is 7.17. The van der Waals surface area contributed by atoms with E-state index < -0.39 is 0 Å². The first-order valence-corrected chi connectivity index (χ1v) is 7.55. The van der Waals surface area contributed by atoms with Crippen LogP contribution in [0.15, 0.2) is 52.6 Å². The lowest BCUT2D eigenvalue weighted by molar-refractivity contribution is 0.903. The quantitative estimate of drug-likeness (QED) is 0.677. The average Bonchev–Trinajstić information content (AvgIpc) is 2.46. The number of allylic oxidation sites excluding steroid dienone is 6. The van der Waals surface area contributed by atoms with Crippen molar-refractivity contribution in [3.05, 3.63) is 75.0 Å². The maximum atomic E-state index is 6.46. The molecule has 1 radical (unpaired) electrons. The lowest BCUT2D eigenvalue weighted by Crippen LogP contribution is -2.32. The van der Waals surface area contributed by atoms with Gasteiger partial charge in [0.2, 0.25) is 0 Å². The SMILES string of the molecule is [CH2]C1=CCC2=C3CC=c4cccc(Cl)c4=C3CCC2=C1. The van der Waals surface area contributed by atoms with Crippen LogP contribution in [-0.2, 0) is 0 Å². The van der Waals surface area contributed by atoms with Crippen LogP contribution in [0.1, 0.15) is 25.7 Å². The Morgan fingerprint density at radius 1 is 0.950 bits per heavy atom. The predicted molar refractivity (Wildman–Crippen MR) is 85.6 cm³/mol. The first kappa shape index (κ1) is 12.2. The van der Waals surface area contributed by atoms with E-state index in [1.54, 1.807) is 0 Å². The summed E-state index contributed by atoms with van der Waals surface area (Å²) in [4.78, 5) is 0. The Labute approximate surface area is 124 Å². The van der Waals surface area contributed by atoms with Gasteiger partial charge >= 0.3 is 0 Å².